The summed E-state index contributed by atoms with van der Waals surface area (Å²) < 4.78 is 6.58. The zero-order chi connectivity index (χ0) is 15.8. The van der Waals surface area contributed by atoms with Crippen LogP contribution >= 0.6 is 0 Å². The number of Topliss-reactive ketones (excluding diaryl/α,β-unsaturated/α-hetero) is 1. The third-order valence-corrected chi connectivity index (χ3v) is 4.55. The van der Waals surface area contributed by atoms with E-state index >= 15 is 0 Å². The highest BCUT2D eigenvalue weighted by Gasteiger charge is 2.16. The molecule has 1 aliphatic carbocycles. The number of benzene rings is 2. The zero-order valence-corrected chi connectivity index (χ0v) is 12.7. The Balaban J connectivity index is 1.67. The molecule has 0 radical (unpaired) electrons. The van der Waals surface area contributed by atoms with E-state index in [2.05, 4.69) is 6.07 Å². The summed E-state index contributed by atoms with van der Waals surface area (Å²) in [7, 11) is 0. The third-order valence-electron chi connectivity index (χ3n) is 4.55. The minimum absolute atomic E-state index is 0.00856. The maximum atomic E-state index is 12.6. The first-order chi connectivity index (χ1) is 11.2. The molecule has 4 heteroatoms. The Hall–Kier alpha value is -2.62. The number of aromatic nitrogens is 1. The molecular formula is C19H17NO3. The monoisotopic (exact) mass is 307 g/mol. The minimum Gasteiger partial charge on any atom is -0.408 e. The first-order valence-electron chi connectivity index (χ1n) is 7.96. The summed E-state index contributed by atoms with van der Waals surface area (Å²) in [5.41, 5.74) is 4.45. The van der Waals surface area contributed by atoms with E-state index in [0.29, 0.717) is 16.7 Å². The Labute approximate surface area is 133 Å². The molecule has 0 aliphatic heterocycles. The standard InChI is InChI=1S/C19H17NO3/c21-17(15-10-9-13-5-1-2-6-14(13)11-15)12-20-16-7-3-4-8-18(16)23-19(20)22/h3-4,7-11H,1-2,5-6,12H2. The lowest BCUT2D eigenvalue weighted by Gasteiger charge is -2.16. The molecule has 4 rings (SSSR count). The molecule has 1 aliphatic rings. The van der Waals surface area contributed by atoms with Crippen molar-refractivity contribution in [2.75, 3.05) is 0 Å². The predicted octanol–water partition coefficient (Wildman–Crippen LogP) is 3.36. The molecule has 2 aromatic carbocycles. The number of fused-ring (bicyclic) bond motifs is 2. The third kappa shape index (κ3) is 2.50. The van der Waals surface area contributed by atoms with Gasteiger partial charge in [0.2, 0.25) is 0 Å². The van der Waals surface area contributed by atoms with Crippen LogP contribution in [-0.4, -0.2) is 10.4 Å². The zero-order valence-electron chi connectivity index (χ0n) is 12.7. The number of carbonyl (C=O) groups excluding carboxylic acids is 1. The molecule has 0 N–H and O–H groups in total. The number of hydrogen-bond acceptors (Lipinski definition) is 3. The summed E-state index contributed by atoms with van der Waals surface area (Å²) in [5, 5.41) is 0. The van der Waals surface area contributed by atoms with Gasteiger partial charge in [-0.2, -0.15) is 0 Å². The maximum Gasteiger partial charge on any atom is 0.420 e. The van der Waals surface area contributed by atoms with Crippen LogP contribution in [0.3, 0.4) is 0 Å². The molecule has 1 aromatic heterocycles. The Morgan fingerprint density at radius 2 is 1.83 bits per heavy atom. The second kappa shape index (κ2) is 5.54. The van der Waals surface area contributed by atoms with Crippen molar-refractivity contribution in [1.29, 1.82) is 0 Å². The Morgan fingerprint density at radius 3 is 2.70 bits per heavy atom. The molecular weight excluding hydrogens is 290 g/mol. The second-order valence-corrected chi connectivity index (χ2v) is 6.04. The molecule has 4 nitrogen and oxygen atoms in total. The van der Waals surface area contributed by atoms with Gasteiger partial charge in [-0.25, -0.2) is 4.79 Å². The molecule has 0 bridgehead atoms. The largest absolute Gasteiger partial charge is 0.420 e. The van der Waals surface area contributed by atoms with Crippen molar-refractivity contribution in [3.8, 4) is 0 Å². The van der Waals surface area contributed by atoms with Gasteiger partial charge in [0.05, 0.1) is 12.1 Å². The van der Waals surface area contributed by atoms with Gasteiger partial charge >= 0.3 is 5.76 Å². The molecule has 0 unspecified atom stereocenters. The Morgan fingerprint density at radius 1 is 1.04 bits per heavy atom. The van der Waals surface area contributed by atoms with Gasteiger partial charge in [0.25, 0.3) is 0 Å². The summed E-state index contributed by atoms with van der Waals surface area (Å²) >= 11 is 0. The molecule has 0 spiro atoms. The molecule has 3 aromatic rings. The number of carbonyl (C=O) groups is 1. The van der Waals surface area contributed by atoms with E-state index in [-0.39, 0.29) is 12.3 Å². The average Bonchev–Trinajstić information content (AvgIpc) is 2.90. The number of oxazole rings is 1. The van der Waals surface area contributed by atoms with E-state index in [0.717, 1.165) is 12.8 Å². The van der Waals surface area contributed by atoms with Gasteiger partial charge in [0.15, 0.2) is 11.4 Å². The van der Waals surface area contributed by atoms with Gasteiger partial charge in [0.1, 0.15) is 0 Å². The van der Waals surface area contributed by atoms with Crippen LogP contribution < -0.4 is 5.76 Å². The number of hydrogen-bond donors (Lipinski definition) is 0. The Kier molecular flexibility index (Phi) is 3.37. The summed E-state index contributed by atoms with van der Waals surface area (Å²) in [6, 6.07) is 13.1. The van der Waals surface area contributed by atoms with Gasteiger partial charge in [-0.15, -0.1) is 0 Å². The topological polar surface area (TPSA) is 52.2 Å². The van der Waals surface area contributed by atoms with Crippen molar-refractivity contribution in [1.82, 2.24) is 4.57 Å². The average molecular weight is 307 g/mol. The number of rotatable bonds is 3. The van der Waals surface area contributed by atoms with Crippen molar-refractivity contribution in [2.24, 2.45) is 0 Å². The highest BCUT2D eigenvalue weighted by atomic mass is 16.4. The fourth-order valence-electron chi connectivity index (χ4n) is 3.31. The van der Waals surface area contributed by atoms with Crippen molar-refractivity contribution < 1.29 is 9.21 Å². The SMILES string of the molecule is O=C(Cn1c(=O)oc2ccccc21)c1ccc2c(c1)CCCC2. The van der Waals surface area contributed by atoms with E-state index in [9.17, 15) is 9.59 Å². The van der Waals surface area contributed by atoms with E-state index in [1.807, 2.05) is 18.2 Å². The van der Waals surface area contributed by atoms with Crippen LogP contribution in [0.25, 0.3) is 11.1 Å². The summed E-state index contributed by atoms with van der Waals surface area (Å²) in [5.74, 6) is -0.551. The summed E-state index contributed by atoms with van der Waals surface area (Å²) in [6.45, 7) is 0.00856. The van der Waals surface area contributed by atoms with Crippen LogP contribution in [-0.2, 0) is 19.4 Å². The number of para-hydroxylation sites is 2. The summed E-state index contributed by atoms with van der Waals surface area (Å²) in [4.78, 5) is 24.6. The molecule has 0 amide bonds. The highest BCUT2D eigenvalue weighted by Crippen LogP contribution is 2.22. The molecule has 0 fully saturated rings. The van der Waals surface area contributed by atoms with Crippen LogP contribution in [0.5, 0.6) is 0 Å². The fraction of sp³-hybridized carbons (Fsp3) is 0.263. The highest BCUT2D eigenvalue weighted by molar-refractivity contribution is 5.96. The van der Waals surface area contributed by atoms with Crippen LogP contribution in [0.4, 0.5) is 0 Å². The quantitative estimate of drug-likeness (QED) is 0.697. The van der Waals surface area contributed by atoms with Crippen molar-refractivity contribution in [3.05, 3.63) is 69.7 Å². The number of nitrogens with zero attached hydrogens (tertiary/aromatic N) is 1. The minimum atomic E-state index is -0.488. The van der Waals surface area contributed by atoms with Gasteiger partial charge in [-0.3, -0.25) is 9.36 Å². The number of ketones is 1. The van der Waals surface area contributed by atoms with Crippen LogP contribution in [0.15, 0.2) is 51.7 Å². The van der Waals surface area contributed by atoms with Crippen molar-refractivity contribution in [2.45, 2.75) is 32.2 Å². The Bertz CT molecular complexity index is 949. The number of aryl methyl sites for hydroxylation is 2. The molecule has 0 atom stereocenters. The molecule has 0 saturated heterocycles. The normalized spacial score (nSPS) is 13.9. The van der Waals surface area contributed by atoms with E-state index in [4.69, 9.17) is 4.42 Å². The first-order valence-corrected chi connectivity index (χ1v) is 7.96. The van der Waals surface area contributed by atoms with Crippen molar-refractivity contribution in [3.63, 3.8) is 0 Å². The molecule has 0 saturated carbocycles. The first kappa shape index (κ1) is 14.0. The van der Waals surface area contributed by atoms with E-state index in [1.54, 1.807) is 18.2 Å². The second-order valence-electron chi connectivity index (χ2n) is 6.04. The predicted molar refractivity (Wildman–Crippen MR) is 87.9 cm³/mol. The van der Waals surface area contributed by atoms with E-state index < -0.39 is 5.76 Å². The lowest BCUT2D eigenvalue weighted by molar-refractivity contribution is 0.0970. The van der Waals surface area contributed by atoms with Crippen molar-refractivity contribution >= 4 is 16.9 Å². The lowest BCUT2D eigenvalue weighted by atomic mass is 9.90. The summed E-state index contributed by atoms with van der Waals surface area (Å²) in [6.07, 6.45) is 4.52. The van der Waals surface area contributed by atoms with Crippen LogP contribution in [0.2, 0.25) is 0 Å². The van der Waals surface area contributed by atoms with Crippen LogP contribution in [0, 0.1) is 0 Å². The lowest BCUT2D eigenvalue weighted by Crippen LogP contribution is -2.20. The fourth-order valence-corrected chi connectivity index (χ4v) is 3.31. The van der Waals surface area contributed by atoms with Gasteiger partial charge in [0, 0.05) is 5.56 Å². The van der Waals surface area contributed by atoms with Gasteiger partial charge in [-0.1, -0.05) is 24.3 Å². The molecule has 23 heavy (non-hydrogen) atoms. The van der Waals surface area contributed by atoms with Gasteiger partial charge in [-0.05, 0) is 55.0 Å². The maximum absolute atomic E-state index is 12.6. The molecule has 116 valence electrons. The van der Waals surface area contributed by atoms with Crippen LogP contribution in [0.1, 0.15) is 34.3 Å². The van der Waals surface area contributed by atoms with Gasteiger partial charge < -0.3 is 4.42 Å². The smallest absolute Gasteiger partial charge is 0.408 e. The van der Waals surface area contributed by atoms with E-state index in [1.165, 1.54) is 28.5 Å². The molecule has 1 heterocycles.